The summed E-state index contributed by atoms with van der Waals surface area (Å²) in [5.41, 5.74) is 0.624. The molecule has 0 aromatic carbocycles. The molecule has 4 nitrogen and oxygen atoms in total. The van der Waals surface area contributed by atoms with Gasteiger partial charge in [0.1, 0.15) is 0 Å². The average molecular weight is 249 g/mol. The molecule has 1 aromatic rings. The van der Waals surface area contributed by atoms with E-state index in [0.717, 1.165) is 32.4 Å². The SMILES string of the molecule is CC(C)NCCCCCNC(=O)c1cccnc1. The largest absolute Gasteiger partial charge is 0.352 e. The number of unbranched alkanes of at least 4 members (excludes halogenated alkanes) is 2. The zero-order valence-corrected chi connectivity index (χ0v) is 11.3. The van der Waals surface area contributed by atoms with Gasteiger partial charge in [0.15, 0.2) is 0 Å². The van der Waals surface area contributed by atoms with Crippen LogP contribution < -0.4 is 10.6 Å². The lowest BCUT2D eigenvalue weighted by Crippen LogP contribution is -2.25. The van der Waals surface area contributed by atoms with E-state index in [1.165, 1.54) is 0 Å². The first kappa shape index (κ1) is 14.6. The van der Waals surface area contributed by atoms with Crippen molar-refractivity contribution in [1.29, 1.82) is 0 Å². The first-order chi connectivity index (χ1) is 8.70. The molecule has 1 amide bonds. The summed E-state index contributed by atoms with van der Waals surface area (Å²) in [5, 5.41) is 6.27. The molecule has 1 aromatic heterocycles. The van der Waals surface area contributed by atoms with Crippen LogP contribution in [-0.2, 0) is 0 Å². The first-order valence-electron chi connectivity index (χ1n) is 6.62. The molecular formula is C14H23N3O. The zero-order valence-electron chi connectivity index (χ0n) is 11.3. The van der Waals surface area contributed by atoms with Gasteiger partial charge in [-0.15, -0.1) is 0 Å². The highest BCUT2D eigenvalue weighted by Crippen LogP contribution is 1.97. The summed E-state index contributed by atoms with van der Waals surface area (Å²) in [6.07, 6.45) is 6.56. The van der Waals surface area contributed by atoms with Gasteiger partial charge in [-0.25, -0.2) is 0 Å². The number of amides is 1. The van der Waals surface area contributed by atoms with E-state index in [-0.39, 0.29) is 5.91 Å². The fourth-order valence-electron chi connectivity index (χ4n) is 1.62. The highest BCUT2D eigenvalue weighted by molar-refractivity contribution is 5.93. The van der Waals surface area contributed by atoms with Gasteiger partial charge >= 0.3 is 0 Å². The predicted octanol–water partition coefficient (Wildman–Crippen LogP) is 1.98. The third kappa shape index (κ3) is 6.35. The van der Waals surface area contributed by atoms with Gasteiger partial charge in [-0.05, 0) is 31.5 Å². The number of hydrogen-bond acceptors (Lipinski definition) is 3. The Morgan fingerprint density at radius 3 is 2.72 bits per heavy atom. The van der Waals surface area contributed by atoms with Crippen molar-refractivity contribution in [2.24, 2.45) is 0 Å². The Labute approximate surface area is 109 Å². The molecule has 0 aliphatic rings. The molecule has 2 N–H and O–H groups in total. The molecule has 0 saturated heterocycles. The van der Waals surface area contributed by atoms with Crippen LogP contribution in [0.15, 0.2) is 24.5 Å². The fraction of sp³-hybridized carbons (Fsp3) is 0.571. The molecule has 0 atom stereocenters. The molecule has 0 spiro atoms. The normalized spacial score (nSPS) is 10.6. The van der Waals surface area contributed by atoms with Crippen molar-refractivity contribution >= 4 is 5.91 Å². The summed E-state index contributed by atoms with van der Waals surface area (Å²) in [6.45, 7) is 6.08. The molecule has 0 aliphatic heterocycles. The summed E-state index contributed by atoms with van der Waals surface area (Å²) in [4.78, 5) is 15.6. The third-order valence-electron chi connectivity index (χ3n) is 2.62. The van der Waals surface area contributed by atoms with E-state index < -0.39 is 0 Å². The van der Waals surface area contributed by atoms with Crippen molar-refractivity contribution in [3.63, 3.8) is 0 Å². The minimum Gasteiger partial charge on any atom is -0.352 e. The van der Waals surface area contributed by atoms with E-state index in [0.29, 0.717) is 11.6 Å². The van der Waals surface area contributed by atoms with Crippen molar-refractivity contribution < 1.29 is 4.79 Å². The first-order valence-corrected chi connectivity index (χ1v) is 6.62. The maximum atomic E-state index is 11.7. The van der Waals surface area contributed by atoms with Gasteiger partial charge in [-0.1, -0.05) is 20.3 Å². The second kappa shape index (κ2) is 8.64. The van der Waals surface area contributed by atoms with Crippen molar-refractivity contribution in [2.75, 3.05) is 13.1 Å². The van der Waals surface area contributed by atoms with E-state index in [1.54, 1.807) is 24.5 Å². The maximum absolute atomic E-state index is 11.7. The summed E-state index contributed by atoms with van der Waals surface area (Å²) in [6, 6.07) is 4.09. The minimum absolute atomic E-state index is 0.0385. The Kier molecular flexibility index (Phi) is 7.03. The molecule has 4 heteroatoms. The van der Waals surface area contributed by atoms with Gasteiger partial charge < -0.3 is 10.6 Å². The van der Waals surface area contributed by atoms with Gasteiger partial charge in [0.05, 0.1) is 5.56 Å². The Balaban J connectivity index is 2.03. The summed E-state index contributed by atoms with van der Waals surface area (Å²) >= 11 is 0. The maximum Gasteiger partial charge on any atom is 0.252 e. The van der Waals surface area contributed by atoms with Crippen LogP contribution in [0.4, 0.5) is 0 Å². The predicted molar refractivity (Wildman–Crippen MR) is 73.6 cm³/mol. The Morgan fingerprint density at radius 2 is 2.06 bits per heavy atom. The number of rotatable bonds is 8. The molecule has 18 heavy (non-hydrogen) atoms. The van der Waals surface area contributed by atoms with Crippen molar-refractivity contribution in [2.45, 2.75) is 39.2 Å². The van der Waals surface area contributed by atoms with Crippen molar-refractivity contribution in [3.8, 4) is 0 Å². The number of carbonyl (C=O) groups excluding carboxylic acids is 1. The van der Waals surface area contributed by atoms with Gasteiger partial charge in [0.25, 0.3) is 5.91 Å². The highest BCUT2D eigenvalue weighted by atomic mass is 16.1. The molecule has 0 bridgehead atoms. The van der Waals surface area contributed by atoms with Crippen molar-refractivity contribution in [1.82, 2.24) is 15.6 Å². The van der Waals surface area contributed by atoms with Crippen LogP contribution in [0.5, 0.6) is 0 Å². The summed E-state index contributed by atoms with van der Waals surface area (Å²) in [7, 11) is 0. The molecule has 1 heterocycles. The number of pyridine rings is 1. The molecule has 1 rings (SSSR count). The molecule has 0 fully saturated rings. The van der Waals surface area contributed by atoms with Crippen LogP contribution in [0.1, 0.15) is 43.5 Å². The fourth-order valence-corrected chi connectivity index (χ4v) is 1.62. The molecule has 0 unspecified atom stereocenters. The Morgan fingerprint density at radius 1 is 1.28 bits per heavy atom. The van der Waals surface area contributed by atoms with Crippen molar-refractivity contribution in [3.05, 3.63) is 30.1 Å². The summed E-state index contributed by atoms with van der Waals surface area (Å²) < 4.78 is 0. The number of carbonyl (C=O) groups is 1. The second-order valence-electron chi connectivity index (χ2n) is 4.67. The number of nitrogens with zero attached hydrogens (tertiary/aromatic N) is 1. The van der Waals surface area contributed by atoms with E-state index >= 15 is 0 Å². The quantitative estimate of drug-likeness (QED) is 0.693. The lowest BCUT2D eigenvalue weighted by atomic mass is 10.2. The van der Waals surface area contributed by atoms with Gasteiger partial charge in [-0.2, -0.15) is 0 Å². The molecule has 0 radical (unpaired) electrons. The van der Waals surface area contributed by atoms with E-state index in [1.807, 2.05) is 0 Å². The lowest BCUT2D eigenvalue weighted by molar-refractivity contribution is 0.0952. The van der Waals surface area contributed by atoms with Gasteiger partial charge in [-0.3, -0.25) is 9.78 Å². The topological polar surface area (TPSA) is 54.0 Å². The molecular weight excluding hydrogens is 226 g/mol. The highest BCUT2D eigenvalue weighted by Gasteiger charge is 2.03. The van der Waals surface area contributed by atoms with Crippen LogP contribution in [0, 0.1) is 0 Å². The van der Waals surface area contributed by atoms with Crippen LogP contribution in [-0.4, -0.2) is 30.0 Å². The second-order valence-corrected chi connectivity index (χ2v) is 4.67. The van der Waals surface area contributed by atoms with Crippen LogP contribution in [0.2, 0.25) is 0 Å². The number of hydrogen-bond donors (Lipinski definition) is 2. The van der Waals surface area contributed by atoms with E-state index in [4.69, 9.17) is 0 Å². The third-order valence-corrected chi connectivity index (χ3v) is 2.62. The molecule has 0 aliphatic carbocycles. The Bertz CT molecular complexity index is 338. The molecule has 100 valence electrons. The standard InChI is InChI=1S/C14H23N3O/c1-12(2)16-9-4-3-5-10-17-14(18)13-7-6-8-15-11-13/h6-8,11-12,16H,3-5,9-10H2,1-2H3,(H,17,18). The van der Waals surface area contributed by atoms with E-state index in [9.17, 15) is 4.79 Å². The molecule has 0 saturated carbocycles. The summed E-state index contributed by atoms with van der Waals surface area (Å²) in [5.74, 6) is -0.0385. The lowest BCUT2D eigenvalue weighted by Gasteiger charge is -2.08. The Hall–Kier alpha value is -1.42. The average Bonchev–Trinajstić information content (AvgIpc) is 2.38. The van der Waals surface area contributed by atoms with Gasteiger partial charge in [0.2, 0.25) is 0 Å². The zero-order chi connectivity index (χ0) is 13.2. The van der Waals surface area contributed by atoms with Crippen LogP contribution in [0.3, 0.4) is 0 Å². The number of nitrogens with one attached hydrogen (secondary N) is 2. The number of aromatic nitrogens is 1. The monoisotopic (exact) mass is 249 g/mol. The smallest absolute Gasteiger partial charge is 0.252 e. The van der Waals surface area contributed by atoms with Crippen LogP contribution >= 0.6 is 0 Å². The van der Waals surface area contributed by atoms with E-state index in [2.05, 4.69) is 29.5 Å². The van der Waals surface area contributed by atoms with Gasteiger partial charge in [0, 0.05) is 25.0 Å². The minimum atomic E-state index is -0.0385. The van der Waals surface area contributed by atoms with Crippen LogP contribution in [0.25, 0.3) is 0 Å².